The fraction of sp³-hybridized carbons (Fsp3) is 0. The second-order valence-electron chi connectivity index (χ2n) is 17.0. The molecule has 0 unspecified atom stereocenters. The van der Waals surface area contributed by atoms with E-state index < -0.39 is 0 Å². The van der Waals surface area contributed by atoms with Crippen LogP contribution in [-0.4, -0.2) is 24.5 Å². The van der Waals surface area contributed by atoms with Crippen LogP contribution < -0.4 is 0 Å². The zero-order chi connectivity index (χ0) is 45.0. The zero-order valence-corrected chi connectivity index (χ0v) is 36.7. The number of pyridine rings is 1. The van der Waals surface area contributed by atoms with Crippen molar-refractivity contribution >= 4 is 43.7 Å². The molecular weight excluding hydrogens is 831 g/mol. The first-order valence-corrected chi connectivity index (χ1v) is 22.8. The van der Waals surface area contributed by atoms with Crippen molar-refractivity contribution in [1.82, 2.24) is 24.5 Å². The first-order valence-electron chi connectivity index (χ1n) is 22.8. The third-order valence-corrected chi connectivity index (χ3v) is 12.9. The maximum absolute atomic E-state index is 6.82. The Balaban J connectivity index is 1.13. The summed E-state index contributed by atoms with van der Waals surface area (Å²) in [5.74, 6) is 1.66. The predicted molar refractivity (Wildman–Crippen MR) is 277 cm³/mol. The third-order valence-electron chi connectivity index (χ3n) is 12.9. The van der Waals surface area contributed by atoms with Gasteiger partial charge in [0, 0.05) is 61.2 Å². The van der Waals surface area contributed by atoms with E-state index >= 15 is 0 Å². The van der Waals surface area contributed by atoms with Gasteiger partial charge in [-0.2, -0.15) is 0 Å². The summed E-state index contributed by atoms with van der Waals surface area (Å²) >= 11 is 0. The molecule has 0 saturated carbocycles. The first-order chi connectivity index (χ1) is 33.7. The Labute approximate surface area is 392 Å². The van der Waals surface area contributed by atoms with Crippen LogP contribution in [-0.2, 0) is 0 Å². The van der Waals surface area contributed by atoms with Crippen molar-refractivity contribution < 1.29 is 4.42 Å². The summed E-state index contributed by atoms with van der Waals surface area (Å²) in [6, 6.07) is 80.0. The largest absolute Gasteiger partial charge is 0.456 e. The molecule has 9 aromatic carbocycles. The third kappa shape index (κ3) is 6.66. The highest BCUT2D eigenvalue weighted by atomic mass is 16.3. The van der Waals surface area contributed by atoms with Gasteiger partial charge in [0.15, 0.2) is 17.5 Å². The van der Waals surface area contributed by atoms with Crippen LogP contribution in [0.4, 0.5) is 0 Å². The lowest BCUT2D eigenvalue weighted by Crippen LogP contribution is -2.02. The average molecular weight is 870 g/mol. The summed E-state index contributed by atoms with van der Waals surface area (Å²) in [7, 11) is 0. The molecule has 0 fully saturated rings. The van der Waals surface area contributed by atoms with Crippen LogP contribution in [0.2, 0.25) is 0 Å². The molecule has 13 rings (SSSR count). The minimum Gasteiger partial charge on any atom is -0.456 e. The van der Waals surface area contributed by atoms with Crippen molar-refractivity contribution in [3.8, 4) is 84.5 Å². The maximum atomic E-state index is 6.82. The van der Waals surface area contributed by atoms with Gasteiger partial charge in [0.25, 0.3) is 0 Å². The van der Waals surface area contributed by atoms with Gasteiger partial charge in [-0.25, -0.2) is 15.0 Å². The number of hydrogen-bond acceptors (Lipinski definition) is 5. The summed E-state index contributed by atoms with van der Waals surface area (Å²) in [5, 5.41) is 4.27. The summed E-state index contributed by atoms with van der Waals surface area (Å²) in [4.78, 5) is 21.3. The second kappa shape index (κ2) is 16.3. The number of para-hydroxylation sites is 2. The van der Waals surface area contributed by atoms with Gasteiger partial charge < -0.3 is 8.98 Å². The molecule has 0 aliphatic carbocycles. The van der Waals surface area contributed by atoms with E-state index in [4.69, 9.17) is 24.4 Å². The number of nitrogens with zero attached hydrogens (tertiary/aromatic N) is 5. The Bertz CT molecular complexity index is 3940. The fourth-order valence-corrected chi connectivity index (χ4v) is 9.81. The Morgan fingerprint density at radius 2 is 0.897 bits per heavy atom. The van der Waals surface area contributed by atoms with E-state index in [0.717, 1.165) is 111 Å². The summed E-state index contributed by atoms with van der Waals surface area (Å²) < 4.78 is 9.17. The highest BCUT2D eigenvalue weighted by molar-refractivity contribution is 6.29. The Morgan fingerprint density at radius 3 is 1.59 bits per heavy atom. The molecule has 0 spiro atoms. The van der Waals surface area contributed by atoms with Crippen LogP contribution in [0.1, 0.15) is 0 Å². The second-order valence-corrected chi connectivity index (χ2v) is 17.0. The number of furan rings is 1. The molecule has 0 amide bonds. The van der Waals surface area contributed by atoms with Crippen LogP contribution in [0.15, 0.2) is 241 Å². The molecule has 318 valence electrons. The lowest BCUT2D eigenvalue weighted by Gasteiger charge is -2.16. The number of aromatic nitrogens is 5. The standard InChI is InChI=1S/C62H39N5O/c1-6-19-40(20-7-1)44-33-34-47(41-21-8-2-9-22-41)50(37-44)45-38-51(62-65-60(42-23-10-3-11-24-42)64-61(66-62)43-25-12-4-13-26-43)59(63-39-45)49-30-18-32-54-57(49)58-55(68-54)36-35-53-56(58)48-29-16-17-31-52(48)67(53)46-27-14-5-15-28-46/h1-39H. The SMILES string of the molecule is c1ccc(-c2ccc(-c3ccccc3)c(-c3cnc(-c4cccc5oc6ccc7c(c8ccccc8n7-c7ccccc7)c6c45)c(-c4nc(-c5ccccc5)nc(-c5ccccc5)n4)c3)c2)cc1. The van der Waals surface area contributed by atoms with Crippen LogP contribution in [0.25, 0.3) is 128 Å². The smallest absolute Gasteiger partial charge is 0.166 e. The van der Waals surface area contributed by atoms with Gasteiger partial charge in [-0.3, -0.25) is 4.98 Å². The van der Waals surface area contributed by atoms with Crippen molar-refractivity contribution in [3.63, 3.8) is 0 Å². The molecule has 0 radical (unpaired) electrons. The fourth-order valence-electron chi connectivity index (χ4n) is 9.81. The normalized spacial score (nSPS) is 11.5. The Hall–Kier alpha value is -9.26. The lowest BCUT2D eigenvalue weighted by atomic mass is 9.90. The molecule has 4 heterocycles. The quantitative estimate of drug-likeness (QED) is 0.152. The Morgan fingerprint density at radius 1 is 0.324 bits per heavy atom. The van der Waals surface area contributed by atoms with Gasteiger partial charge in [-0.15, -0.1) is 0 Å². The van der Waals surface area contributed by atoms with Crippen molar-refractivity contribution in [2.45, 2.75) is 0 Å². The van der Waals surface area contributed by atoms with Gasteiger partial charge in [-0.05, 0) is 76.3 Å². The monoisotopic (exact) mass is 869 g/mol. The molecule has 0 aliphatic rings. The van der Waals surface area contributed by atoms with Crippen molar-refractivity contribution in [3.05, 3.63) is 237 Å². The summed E-state index contributed by atoms with van der Waals surface area (Å²) in [5.41, 5.74) is 15.5. The van der Waals surface area contributed by atoms with E-state index in [-0.39, 0.29) is 0 Å². The van der Waals surface area contributed by atoms with Crippen LogP contribution >= 0.6 is 0 Å². The summed E-state index contributed by atoms with van der Waals surface area (Å²) in [6.45, 7) is 0. The average Bonchev–Trinajstić information content (AvgIpc) is 3.98. The van der Waals surface area contributed by atoms with Crippen LogP contribution in [0.3, 0.4) is 0 Å². The van der Waals surface area contributed by atoms with Crippen molar-refractivity contribution in [2.75, 3.05) is 0 Å². The van der Waals surface area contributed by atoms with E-state index in [2.05, 4.69) is 174 Å². The number of rotatable bonds is 8. The summed E-state index contributed by atoms with van der Waals surface area (Å²) in [6.07, 6.45) is 2.00. The first kappa shape index (κ1) is 39.1. The van der Waals surface area contributed by atoms with Gasteiger partial charge in [0.2, 0.25) is 0 Å². The van der Waals surface area contributed by atoms with Crippen LogP contribution in [0.5, 0.6) is 0 Å². The number of benzene rings is 9. The zero-order valence-electron chi connectivity index (χ0n) is 36.7. The number of fused-ring (bicyclic) bond motifs is 7. The van der Waals surface area contributed by atoms with Gasteiger partial charge in [0.05, 0.1) is 16.7 Å². The Kier molecular flexibility index (Phi) is 9.39. The maximum Gasteiger partial charge on any atom is 0.166 e. The van der Waals surface area contributed by atoms with E-state index in [1.54, 1.807) is 0 Å². The molecule has 6 heteroatoms. The molecule has 4 aromatic heterocycles. The molecule has 0 aliphatic heterocycles. The molecule has 0 saturated heterocycles. The van der Waals surface area contributed by atoms with E-state index in [0.29, 0.717) is 17.5 Å². The van der Waals surface area contributed by atoms with Crippen molar-refractivity contribution in [1.29, 1.82) is 0 Å². The van der Waals surface area contributed by atoms with Crippen LogP contribution in [0, 0.1) is 0 Å². The van der Waals surface area contributed by atoms with Gasteiger partial charge >= 0.3 is 0 Å². The molecule has 0 bridgehead atoms. The molecule has 6 nitrogen and oxygen atoms in total. The van der Waals surface area contributed by atoms with Gasteiger partial charge in [0.1, 0.15) is 11.2 Å². The van der Waals surface area contributed by atoms with E-state index in [1.807, 2.05) is 66.9 Å². The molecule has 68 heavy (non-hydrogen) atoms. The van der Waals surface area contributed by atoms with Gasteiger partial charge in [-0.1, -0.05) is 182 Å². The molecule has 13 aromatic rings. The minimum absolute atomic E-state index is 0.512. The van der Waals surface area contributed by atoms with E-state index in [9.17, 15) is 0 Å². The topological polar surface area (TPSA) is 69.6 Å². The highest BCUT2D eigenvalue weighted by Crippen LogP contribution is 2.46. The minimum atomic E-state index is 0.512. The molecule has 0 atom stereocenters. The molecule has 0 N–H and O–H groups in total. The number of hydrogen-bond donors (Lipinski definition) is 0. The van der Waals surface area contributed by atoms with E-state index in [1.165, 1.54) is 0 Å². The highest BCUT2D eigenvalue weighted by Gasteiger charge is 2.25. The molecular formula is C62H39N5O. The van der Waals surface area contributed by atoms with Crippen molar-refractivity contribution in [2.24, 2.45) is 0 Å². The lowest BCUT2D eigenvalue weighted by molar-refractivity contribution is 0.669. The predicted octanol–water partition coefficient (Wildman–Crippen LogP) is 15.9.